The Morgan fingerprint density at radius 2 is 1.61 bits per heavy atom. The third kappa shape index (κ3) is 7.38. The molecule has 6 N–H and O–H groups in total. The van der Waals surface area contributed by atoms with Gasteiger partial charge in [0.1, 0.15) is 30.5 Å². The van der Waals surface area contributed by atoms with E-state index in [4.69, 9.17) is 9.84 Å². The van der Waals surface area contributed by atoms with E-state index in [-0.39, 0.29) is 6.61 Å². The summed E-state index contributed by atoms with van der Waals surface area (Å²) < 4.78 is 4.89. The van der Waals surface area contributed by atoms with E-state index in [1.807, 2.05) is 6.92 Å². The zero-order chi connectivity index (χ0) is 18.0. The number of carbonyl (C=O) groups excluding carboxylic acids is 1. The van der Waals surface area contributed by atoms with E-state index in [9.17, 15) is 30.3 Å². The number of aliphatic hydroxyl groups is 6. The number of rotatable bonds is 12. The molecular weight excluding hydrogens is 308 g/mol. The van der Waals surface area contributed by atoms with Gasteiger partial charge in [0.25, 0.3) is 0 Å². The Morgan fingerprint density at radius 1 is 1.00 bits per heavy atom. The smallest absolute Gasteiger partial charge is 0.336 e. The summed E-state index contributed by atoms with van der Waals surface area (Å²) in [4.78, 5) is 11.7. The average Bonchev–Trinajstić information content (AvgIpc) is 2.57. The number of esters is 1. The SMILES string of the molecule is C=C(C(=O)OCCCCCC)C(O)[C@H](O)[C@@H](O)[C@H](O)[C@H](O)CO. The summed E-state index contributed by atoms with van der Waals surface area (Å²) in [7, 11) is 0. The molecule has 0 aliphatic heterocycles. The zero-order valence-electron chi connectivity index (χ0n) is 13.3. The summed E-state index contributed by atoms with van der Waals surface area (Å²) in [6.45, 7) is 4.65. The van der Waals surface area contributed by atoms with Gasteiger partial charge in [-0.05, 0) is 6.42 Å². The monoisotopic (exact) mass is 336 g/mol. The molecule has 136 valence electrons. The topological polar surface area (TPSA) is 148 Å². The minimum atomic E-state index is -1.98. The molecule has 0 rings (SSSR count). The summed E-state index contributed by atoms with van der Waals surface area (Å²) >= 11 is 0. The molecule has 0 amide bonds. The fourth-order valence-corrected chi connectivity index (χ4v) is 1.84. The number of aliphatic hydroxyl groups excluding tert-OH is 6. The first-order chi connectivity index (χ1) is 10.8. The highest BCUT2D eigenvalue weighted by atomic mass is 16.5. The molecule has 0 radical (unpaired) electrons. The van der Waals surface area contributed by atoms with Crippen LogP contribution < -0.4 is 0 Å². The largest absolute Gasteiger partial charge is 0.462 e. The summed E-state index contributed by atoms with van der Waals surface area (Å²) in [5, 5.41) is 56.5. The van der Waals surface area contributed by atoms with E-state index in [0.29, 0.717) is 6.42 Å². The Kier molecular flexibility index (Phi) is 11.0. The molecule has 0 bridgehead atoms. The third-order valence-electron chi connectivity index (χ3n) is 3.45. The Morgan fingerprint density at radius 3 is 2.13 bits per heavy atom. The van der Waals surface area contributed by atoms with Crippen LogP contribution in [0.25, 0.3) is 0 Å². The average molecular weight is 336 g/mol. The molecular formula is C15H28O8. The molecule has 0 heterocycles. The number of ether oxygens (including phenoxy) is 1. The van der Waals surface area contributed by atoms with E-state index in [2.05, 4.69) is 6.58 Å². The van der Waals surface area contributed by atoms with Crippen molar-refractivity contribution in [3.63, 3.8) is 0 Å². The van der Waals surface area contributed by atoms with Crippen LogP contribution in [0.1, 0.15) is 32.6 Å². The van der Waals surface area contributed by atoms with Crippen LogP contribution in [-0.2, 0) is 9.53 Å². The lowest BCUT2D eigenvalue weighted by Crippen LogP contribution is -2.50. The Labute approximate surface area is 135 Å². The normalized spacial score (nSPS) is 17.9. The van der Waals surface area contributed by atoms with Gasteiger partial charge in [0.15, 0.2) is 0 Å². The highest BCUT2D eigenvalue weighted by Crippen LogP contribution is 2.14. The van der Waals surface area contributed by atoms with Crippen LogP contribution in [-0.4, -0.2) is 80.3 Å². The van der Waals surface area contributed by atoms with Crippen molar-refractivity contribution in [2.75, 3.05) is 13.2 Å². The minimum absolute atomic E-state index is 0.148. The Balaban J connectivity index is 4.42. The molecule has 8 nitrogen and oxygen atoms in total. The Bertz CT molecular complexity index is 359. The van der Waals surface area contributed by atoms with Gasteiger partial charge in [-0.3, -0.25) is 0 Å². The van der Waals surface area contributed by atoms with Gasteiger partial charge < -0.3 is 35.4 Å². The van der Waals surface area contributed by atoms with Crippen molar-refractivity contribution >= 4 is 5.97 Å². The Hall–Kier alpha value is -1.03. The van der Waals surface area contributed by atoms with Gasteiger partial charge in [-0.25, -0.2) is 4.79 Å². The second-order valence-corrected chi connectivity index (χ2v) is 5.39. The molecule has 23 heavy (non-hydrogen) atoms. The highest BCUT2D eigenvalue weighted by Gasteiger charge is 2.36. The molecule has 8 heteroatoms. The van der Waals surface area contributed by atoms with Crippen LogP contribution in [0, 0.1) is 0 Å². The number of hydrogen-bond donors (Lipinski definition) is 6. The standard InChI is InChI=1S/C15H28O8/c1-3-4-5-6-7-23-15(22)9(2)11(18)13(20)14(21)12(19)10(17)8-16/h10-14,16-21H,2-8H2,1H3/t10-,11?,12-,13+,14+/m1/s1. The number of hydrogen-bond acceptors (Lipinski definition) is 8. The molecule has 0 saturated heterocycles. The maximum absolute atomic E-state index is 11.7. The number of carbonyl (C=O) groups is 1. The predicted molar refractivity (Wildman–Crippen MR) is 81.4 cm³/mol. The lowest BCUT2D eigenvalue weighted by atomic mass is 9.96. The molecule has 0 aliphatic carbocycles. The van der Waals surface area contributed by atoms with Gasteiger partial charge in [0.05, 0.1) is 18.8 Å². The highest BCUT2D eigenvalue weighted by molar-refractivity contribution is 5.88. The molecule has 0 aromatic heterocycles. The minimum Gasteiger partial charge on any atom is -0.462 e. The molecule has 0 spiro atoms. The second kappa shape index (κ2) is 11.5. The third-order valence-corrected chi connectivity index (χ3v) is 3.45. The predicted octanol–water partition coefficient (Wildman–Crippen LogP) is -1.54. The molecule has 0 fully saturated rings. The van der Waals surface area contributed by atoms with Crippen LogP contribution in [0.5, 0.6) is 0 Å². The van der Waals surface area contributed by atoms with Crippen molar-refractivity contribution < 1.29 is 40.2 Å². The first kappa shape index (κ1) is 22.0. The van der Waals surface area contributed by atoms with Gasteiger partial charge in [0, 0.05) is 0 Å². The maximum atomic E-state index is 11.7. The van der Waals surface area contributed by atoms with E-state index in [1.54, 1.807) is 0 Å². The van der Waals surface area contributed by atoms with Crippen LogP contribution in [0.4, 0.5) is 0 Å². The quantitative estimate of drug-likeness (QED) is 0.143. The fourth-order valence-electron chi connectivity index (χ4n) is 1.84. The van der Waals surface area contributed by atoms with Crippen molar-refractivity contribution in [2.24, 2.45) is 0 Å². The number of unbranched alkanes of at least 4 members (excludes halogenated alkanes) is 3. The van der Waals surface area contributed by atoms with Crippen molar-refractivity contribution in [3.8, 4) is 0 Å². The molecule has 0 aromatic rings. The summed E-state index contributed by atoms with van der Waals surface area (Å²) in [5.74, 6) is -0.919. The lowest BCUT2D eigenvalue weighted by Gasteiger charge is -2.28. The molecule has 1 unspecified atom stereocenters. The second-order valence-electron chi connectivity index (χ2n) is 5.39. The van der Waals surface area contributed by atoms with Crippen molar-refractivity contribution in [2.45, 2.75) is 63.1 Å². The van der Waals surface area contributed by atoms with Crippen LogP contribution in [0.2, 0.25) is 0 Å². The van der Waals surface area contributed by atoms with Crippen LogP contribution >= 0.6 is 0 Å². The first-order valence-electron chi connectivity index (χ1n) is 7.65. The van der Waals surface area contributed by atoms with Crippen LogP contribution in [0.15, 0.2) is 12.2 Å². The van der Waals surface area contributed by atoms with Crippen molar-refractivity contribution in [1.82, 2.24) is 0 Å². The zero-order valence-corrected chi connectivity index (χ0v) is 13.3. The van der Waals surface area contributed by atoms with E-state index in [0.717, 1.165) is 19.3 Å². The first-order valence-corrected chi connectivity index (χ1v) is 7.65. The van der Waals surface area contributed by atoms with Gasteiger partial charge >= 0.3 is 5.97 Å². The van der Waals surface area contributed by atoms with Gasteiger partial charge in [-0.2, -0.15) is 0 Å². The van der Waals surface area contributed by atoms with E-state index in [1.165, 1.54) is 0 Å². The van der Waals surface area contributed by atoms with Crippen molar-refractivity contribution in [1.29, 1.82) is 0 Å². The molecule has 0 saturated carbocycles. The molecule has 5 atom stereocenters. The summed E-state index contributed by atoms with van der Waals surface area (Å²) in [5.41, 5.74) is -0.474. The summed E-state index contributed by atoms with van der Waals surface area (Å²) in [6, 6.07) is 0. The molecule has 0 aliphatic rings. The van der Waals surface area contributed by atoms with Gasteiger partial charge in [0.2, 0.25) is 0 Å². The van der Waals surface area contributed by atoms with Crippen molar-refractivity contribution in [3.05, 3.63) is 12.2 Å². The molecule has 0 aromatic carbocycles. The van der Waals surface area contributed by atoms with E-state index < -0.39 is 48.7 Å². The fraction of sp³-hybridized carbons (Fsp3) is 0.800. The van der Waals surface area contributed by atoms with Gasteiger partial charge in [-0.15, -0.1) is 0 Å². The lowest BCUT2D eigenvalue weighted by molar-refractivity contribution is -0.147. The van der Waals surface area contributed by atoms with Crippen LogP contribution in [0.3, 0.4) is 0 Å². The van der Waals surface area contributed by atoms with Gasteiger partial charge in [-0.1, -0.05) is 32.8 Å². The summed E-state index contributed by atoms with van der Waals surface area (Å²) in [6.07, 6.45) is -5.85. The maximum Gasteiger partial charge on any atom is 0.336 e. The van der Waals surface area contributed by atoms with E-state index >= 15 is 0 Å².